The fourth-order valence-corrected chi connectivity index (χ4v) is 1.90. The summed E-state index contributed by atoms with van der Waals surface area (Å²) in [6, 6.07) is 10.7. The third-order valence-corrected chi connectivity index (χ3v) is 2.79. The molecule has 0 bridgehead atoms. The second-order valence-corrected chi connectivity index (χ2v) is 4.23. The topological polar surface area (TPSA) is 40.7 Å². The summed E-state index contributed by atoms with van der Waals surface area (Å²) in [4.78, 5) is 7.23. The van der Waals surface area contributed by atoms with E-state index in [9.17, 15) is 8.78 Å². The van der Waals surface area contributed by atoms with Crippen LogP contribution in [-0.2, 0) is 6.54 Å². The Morgan fingerprint density at radius 1 is 1.05 bits per heavy atom. The third kappa shape index (κ3) is 2.54. The van der Waals surface area contributed by atoms with Crippen LogP contribution in [-0.4, -0.2) is 9.97 Å². The predicted octanol–water partition coefficient (Wildman–Crippen LogP) is 3.45. The number of nitrogens with zero attached hydrogens (tertiary/aromatic N) is 1. The highest BCUT2D eigenvalue weighted by molar-refractivity contribution is 5.77. The Morgan fingerprint density at radius 3 is 2.74 bits per heavy atom. The molecule has 1 aromatic heterocycles. The van der Waals surface area contributed by atoms with E-state index < -0.39 is 0 Å². The predicted molar refractivity (Wildman–Crippen MR) is 69.8 cm³/mol. The van der Waals surface area contributed by atoms with Gasteiger partial charge in [-0.1, -0.05) is 12.1 Å². The number of halogens is 2. The highest BCUT2D eigenvalue weighted by atomic mass is 19.1. The molecule has 2 aromatic carbocycles. The fraction of sp³-hybridized carbons (Fsp3) is 0.0714. The molecule has 1 heterocycles. The summed E-state index contributed by atoms with van der Waals surface area (Å²) in [6.45, 7) is 0.445. The summed E-state index contributed by atoms with van der Waals surface area (Å²) in [5.41, 5.74) is 2.12. The van der Waals surface area contributed by atoms with Gasteiger partial charge in [0.2, 0.25) is 5.95 Å². The maximum absolute atomic E-state index is 13.0. The summed E-state index contributed by atoms with van der Waals surface area (Å²) in [5, 5.41) is 3.04. The largest absolute Gasteiger partial charge is 0.352 e. The molecule has 2 N–H and O–H groups in total. The van der Waals surface area contributed by atoms with Gasteiger partial charge >= 0.3 is 0 Å². The van der Waals surface area contributed by atoms with Crippen molar-refractivity contribution in [2.75, 3.05) is 5.32 Å². The first kappa shape index (κ1) is 11.6. The lowest BCUT2D eigenvalue weighted by molar-refractivity contribution is 0.625. The number of nitrogens with one attached hydrogen (secondary N) is 2. The minimum Gasteiger partial charge on any atom is -0.352 e. The monoisotopic (exact) mass is 259 g/mol. The second kappa shape index (κ2) is 4.68. The normalized spacial score (nSPS) is 10.8. The number of anilines is 1. The summed E-state index contributed by atoms with van der Waals surface area (Å²) in [6.07, 6.45) is 0. The van der Waals surface area contributed by atoms with E-state index in [1.54, 1.807) is 12.1 Å². The number of hydrogen-bond acceptors (Lipinski definition) is 2. The van der Waals surface area contributed by atoms with E-state index in [2.05, 4.69) is 15.3 Å². The van der Waals surface area contributed by atoms with Crippen LogP contribution in [0.4, 0.5) is 14.7 Å². The number of H-pyrrole nitrogens is 1. The van der Waals surface area contributed by atoms with E-state index >= 15 is 0 Å². The van der Waals surface area contributed by atoms with Crippen molar-refractivity contribution in [3.05, 3.63) is 59.7 Å². The molecule has 0 atom stereocenters. The van der Waals surface area contributed by atoms with E-state index in [4.69, 9.17) is 0 Å². The Kier molecular flexibility index (Phi) is 2.87. The van der Waals surface area contributed by atoms with Gasteiger partial charge in [-0.25, -0.2) is 13.8 Å². The second-order valence-electron chi connectivity index (χ2n) is 4.23. The first-order valence-electron chi connectivity index (χ1n) is 5.84. The van der Waals surface area contributed by atoms with Crippen LogP contribution in [0.15, 0.2) is 42.5 Å². The summed E-state index contributed by atoms with van der Waals surface area (Å²) >= 11 is 0. The van der Waals surface area contributed by atoms with E-state index in [-0.39, 0.29) is 11.6 Å². The van der Waals surface area contributed by atoms with Crippen molar-refractivity contribution in [2.24, 2.45) is 0 Å². The third-order valence-electron chi connectivity index (χ3n) is 2.79. The average Bonchev–Trinajstić information content (AvgIpc) is 2.78. The minimum absolute atomic E-state index is 0.272. The van der Waals surface area contributed by atoms with E-state index in [0.29, 0.717) is 23.5 Å². The van der Waals surface area contributed by atoms with Crippen LogP contribution >= 0.6 is 0 Å². The highest BCUT2D eigenvalue weighted by Gasteiger charge is 2.03. The molecule has 3 rings (SSSR count). The van der Waals surface area contributed by atoms with Crippen LogP contribution in [0.25, 0.3) is 11.0 Å². The first-order valence-corrected chi connectivity index (χ1v) is 5.84. The van der Waals surface area contributed by atoms with Gasteiger partial charge in [0, 0.05) is 6.54 Å². The number of benzene rings is 2. The van der Waals surface area contributed by atoms with Crippen molar-refractivity contribution in [3.63, 3.8) is 0 Å². The SMILES string of the molecule is Fc1cccc(CNc2nc3ccc(F)cc3[nH]2)c1. The molecular formula is C14H11F2N3. The molecule has 0 amide bonds. The zero-order chi connectivity index (χ0) is 13.2. The lowest BCUT2D eigenvalue weighted by Gasteiger charge is -2.02. The van der Waals surface area contributed by atoms with Crippen molar-refractivity contribution in [3.8, 4) is 0 Å². The smallest absolute Gasteiger partial charge is 0.201 e. The van der Waals surface area contributed by atoms with Crippen molar-refractivity contribution < 1.29 is 8.78 Å². The Morgan fingerprint density at radius 2 is 1.89 bits per heavy atom. The van der Waals surface area contributed by atoms with Gasteiger partial charge in [0.25, 0.3) is 0 Å². The number of rotatable bonds is 3. The van der Waals surface area contributed by atoms with Gasteiger partial charge in [0.05, 0.1) is 11.0 Å². The van der Waals surface area contributed by atoms with E-state index in [0.717, 1.165) is 5.56 Å². The molecule has 0 fully saturated rings. The molecule has 3 aromatic rings. The molecule has 0 spiro atoms. The van der Waals surface area contributed by atoms with Crippen molar-refractivity contribution in [1.29, 1.82) is 0 Å². The molecule has 96 valence electrons. The van der Waals surface area contributed by atoms with Gasteiger partial charge in [-0.2, -0.15) is 0 Å². The molecule has 5 heteroatoms. The van der Waals surface area contributed by atoms with Crippen LogP contribution < -0.4 is 5.32 Å². The minimum atomic E-state index is -0.312. The van der Waals surface area contributed by atoms with Crippen molar-refractivity contribution in [1.82, 2.24) is 9.97 Å². The maximum atomic E-state index is 13.0. The highest BCUT2D eigenvalue weighted by Crippen LogP contribution is 2.16. The summed E-state index contributed by atoms with van der Waals surface area (Å²) in [5.74, 6) is -0.0522. The number of aromatic amines is 1. The van der Waals surface area contributed by atoms with Gasteiger partial charge in [0.1, 0.15) is 11.6 Å². The summed E-state index contributed by atoms with van der Waals surface area (Å²) in [7, 11) is 0. The van der Waals surface area contributed by atoms with Gasteiger partial charge in [0.15, 0.2) is 0 Å². The number of imidazole rings is 1. The Bertz CT molecular complexity index is 722. The molecule has 0 aliphatic carbocycles. The number of aromatic nitrogens is 2. The molecule has 0 radical (unpaired) electrons. The molecule has 19 heavy (non-hydrogen) atoms. The van der Waals surface area contributed by atoms with E-state index in [1.807, 2.05) is 6.07 Å². The van der Waals surface area contributed by atoms with Gasteiger partial charge in [-0.3, -0.25) is 0 Å². The van der Waals surface area contributed by atoms with Gasteiger partial charge in [-0.05, 0) is 35.9 Å². The molecule has 0 aliphatic heterocycles. The summed E-state index contributed by atoms with van der Waals surface area (Å²) < 4.78 is 26.0. The lowest BCUT2D eigenvalue weighted by Crippen LogP contribution is -2.00. The molecule has 0 saturated heterocycles. The van der Waals surface area contributed by atoms with Crippen LogP contribution in [0.3, 0.4) is 0 Å². The molecule has 0 saturated carbocycles. The fourth-order valence-electron chi connectivity index (χ4n) is 1.90. The quantitative estimate of drug-likeness (QED) is 0.756. The van der Waals surface area contributed by atoms with Gasteiger partial charge in [-0.15, -0.1) is 0 Å². The average molecular weight is 259 g/mol. The van der Waals surface area contributed by atoms with Crippen LogP contribution in [0.5, 0.6) is 0 Å². The van der Waals surface area contributed by atoms with Gasteiger partial charge < -0.3 is 10.3 Å². The Hall–Kier alpha value is -2.43. The zero-order valence-corrected chi connectivity index (χ0v) is 9.95. The number of hydrogen-bond donors (Lipinski definition) is 2. The lowest BCUT2D eigenvalue weighted by atomic mass is 10.2. The van der Waals surface area contributed by atoms with Crippen LogP contribution in [0.2, 0.25) is 0 Å². The zero-order valence-electron chi connectivity index (χ0n) is 9.95. The van der Waals surface area contributed by atoms with E-state index in [1.165, 1.54) is 24.3 Å². The maximum Gasteiger partial charge on any atom is 0.201 e. The molecular weight excluding hydrogens is 248 g/mol. The molecule has 0 aliphatic rings. The molecule has 0 unspecified atom stereocenters. The Labute approximate surface area is 108 Å². The standard InChI is InChI=1S/C14H11F2N3/c15-10-3-1-2-9(6-10)8-17-14-18-12-5-4-11(16)7-13(12)19-14/h1-7H,8H2,(H2,17,18,19). The van der Waals surface area contributed by atoms with Crippen molar-refractivity contribution in [2.45, 2.75) is 6.54 Å². The first-order chi connectivity index (χ1) is 9.20. The number of fused-ring (bicyclic) bond motifs is 1. The Balaban J connectivity index is 1.78. The van der Waals surface area contributed by atoms with Crippen molar-refractivity contribution >= 4 is 17.0 Å². The van der Waals surface area contributed by atoms with Crippen LogP contribution in [0.1, 0.15) is 5.56 Å². The molecule has 3 nitrogen and oxygen atoms in total. The van der Waals surface area contributed by atoms with Crippen LogP contribution in [0, 0.1) is 11.6 Å².